The van der Waals surface area contributed by atoms with Gasteiger partial charge in [0, 0.05) is 0 Å². The standard InChI is InChI=1S/3FH.H3N.Zn/h3*1H;1H3;/q;;;;+2/p-2. The van der Waals surface area contributed by atoms with Crippen molar-refractivity contribution in [1.82, 2.24) is 6.15 Å². The second-order valence-corrected chi connectivity index (χ2v) is 0.525. The molecule has 0 aromatic heterocycles. The minimum atomic E-state index is -2.88. The van der Waals surface area contributed by atoms with Gasteiger partial charge in [0.05, 0.1) is 0 Å². The molecule has 0 aliphatic carbocycles. The summed E-state index contributed by atoms with van der Waals surface area (Å²) in [4.78, 5) is 0. The van der Waals surface area contributed by atoms with E-state index in [0.717, 1.165) is 0 Å². The number of halogens is 3. The largest absolute Gasteiger partial charge is 0.369 e. The van der Waals surface area contributed by atoms with Crippen molar-refractivity contribution in [3.8, 4) is 0 Å². The van der Waals surface area contributed by atoms with E-state index in [0.29, 0.717) is 0 Å². The van der Waals surface area contributed by atoms with Crippen LogP contribution in [0.1, 0.15) is 0 Å². The van der Waals surface area contributed by atoms with Gasteiger partial charge >= 0.3 is 24.8 Å². The zero-order valence-electron chi connectivity index (χ0n) is 2.84. The topological polar surface area (TPSA) is 36.5 Å². The Morgan fingerprint density at radius 2 is 1.20 bits per heavy atom. The predicted octanol–water partition coefficient (Wildman–Crippen LogP) is -1.78. The average Bonchev–Trinajstić information content (AvgIpc) is 0.918. The molecule has 0 amide bonds. The van der Waals surface area contributed by atoms with Crippen LogP contribution in [0.2, 0.25) is 0 Å². The number of quaternary nitrogens is 1. The zero-order valence-corrected chi connectivity index (χ0v) is 5.81. The molecule has 32 valence electrons. The molecule has 0 aromatic rings. The van der Waals surface area contributed by atoms with Gasteiger partial charge in [-0.25, -0.2) is 0 Å². The Morgan fingerprint density at radius 1 is 1.20 bits per heavy atom. The minimum Gasteiger partial charge on any atom is -0.369 e. The van der Waals surface area contributed by atoms with Crippen molar-refractivity contribution in [3.63, 3.8) is 0 Å². The first kappa shape index (κ1) is 18.2. The summed E-state index contributed by atoms with van der Waals surface area (Å²) in [6.45, 7) is 0. The Labute approximate surface area is 36.4 Å². The second-order valence-electron chi connectivity index (χ2n) is 0.101. The molecule has 1 nitrogen and oxygen atoms in total. The molecule has 0 saturated heterocycles. The fraction of sp³-hybridized carbons (Fsp3) is 0. The smallest absolute Gasteiger partial charge is 0.369 e. The Bertz CT molecular complexity index is 6.85. The first-order valence-corrected chi connectivity index (χ1v) is 2.78. The van der Waals surface area contributed by atoms with Gasteiger partial charge in [0.1, 0.15) is 0 Å². The van der Waals surface area contributed by atoms with Crippen LogP contribution in [0.3, 0.4) is 0 Å². The molecular formula is H4F3NZn. The van der Waals surface area contributed by atoms with Crippen molar-refractivity contribution >= 4 is 0 Å². The third-order valence-corrected chi connectivity index (χ3v) is 0. The van der Waals surface area contributed by atoms with Crippen LogP contribution in [-0.2, 0) is 18.1 Å². The van der Waals surface area contributed by atoms with Crippen LogP contribution in [0.4, 0.5) is 6.63 Å². The van der Waals surface area contributed by atoms with Gasteiger partial charge in [-0.3, -0.25) is 0 Å². The van der Waals surface area contributed by atoms with E-state index in [9.17, 15) is 6.63 Å². The second kappa shape index (κ2) is 26.4. The Kier molecular flexibility index (Phi) is 96.3. The van der Waals surface area contributed by atoms with Crippen molar-refractivity contribution < 1.29 is 29.5 Å². The van der Waals surface area contributed by atoms with E-state index in [1.807, 2.05) is 0 Å². The third-order valence-electron chi connectivity index (χ3n) is 0. The molecule has 5 heavy (non-hydrogen) atoms. The van der Waals surface area contributed by atoms with Gasteiger partial charge < -0.3 is 10.9 Å². The van der Waals surface area contributed by atoms with Crippen LogP contribution in [0.25, 0.3) is 0 Å². The molecule has 0 fully saturated rings. The molecule has 0 atom stereocenters. The number of hydrogen-bond acceptors (Lipinski definition) is 0. The van der Waals surface area contributed by atoms with E-state index in [1.165, 1.54) is 0 Å². The molecule has 0 unspecified atom stereocenters. The van der Waals surface area contributed by atoms with Gasteiger partial charge in [-0.2, -0.15) is 0 Å². The summed E-state index contributed by atoms with van der Waals surface area (Å²) in [6, 6.07) is 0. The SMILES string of the molecule is [F-].[F][Zn][F].[NH4+]. The molecule has 0 bridgehead atoms. The monoisotopic (exact) mass is 139 g/mol. The summed E-state index contributed by atoms with van der Waals surface area (Å²) in [5.74, 6) is 0. The summed E-state index contributed by atoms with van der Waals surface area (Å²) < 4.78 is 19.6. The fourth-order valence-corrected chi connectivity index (χ4v) is 0. The maximum atomic E-state index is 9.81. The predicted molar refractivity (Wildman–Crippen MR) is 8.20 cm³/mol. The van der Waals surface area contributed by atoms with E-state index in [4.69, 9.17) is 0 Å². The van der Waals surface area contributed by atoms with Crippen molar-refractivity contribution in [2.45, 2.75) is 0 Å². The Morgan fingerprint density at radius 3 is 1.20 bits per heavy atom. The van der Waals surface area contributed by atoms with Crippen LogP contribution in [0, 0.1) is 0 Å². The maximum absolute atomic E-state index is 9.81. The van der Waals surface area contributed by atoms with Crippen LogP contribution >= 0.6 is 0 Å². The zero-order chi connectivity index (χ0) is 2.71. The summed E-state index contributed by atoms with van der Waals surface area (Å²) in [7, 11) is 0. The van der Waals surface area contributed by atoms with Crippen molar-refractivity contribution in [2.24, 2.45) is 0 Å². The van der Waals surface area contributed by atoms with Gasteiger partial charge in [-0.05, 0) is 0 Å². The molecule has 0 radical (unpaired) electrons. The van der Waals surface area contributed by atoms with E-state index in [2.05, 4.69) is 0 Å². The Balaban J connectivity index is -0.0000000200. The van der Waals surface area contributed by atoms with Crippen LogP contribution < -0.4 is 10.9 Å². The molecule has 0 heterocycles. The molecule has 5 heteroatoms. The number of hydrogen-bond donors (Lipinski definition) is 1. The molecule has 0 rings (SSSR count). The minimum absolute atomic E-state index is 0. The fourth-order valence-electron chi connectivity index (χ4n) is 0. The van der Waals surface area contributed by atoms with Crippen LogP contribution in [-0.4, -0.2) is 0 Å². The van der Waals surface area contributed by atoms with Gasteiger partial charge in [0.25, 0.3) is 0 Å². The third kappa shape index (κ3) is 177. The van der Waals surface area contributed by atoms with Gasteiger partial charge in [0.2, 0.25) is 0 Å². The molecular weight excluding hydrogens is 136 g/mol. The van der Waals surface area contributed by atoms with Crippen LogP contribution in [0.15, 0.2) is 0 Å². The quantitative estimate of drug-likeness (QED) is 0.386. The molecule has 0 spiro atoms. The van der Waals surface area contributed by atoms with Crippen molar-refractivity contribution in [1.29, 1.82) is 0 Å². The normalized spacial score (nSPS) is 2.00. The summed E-state index contributed by atoms with van der Waals surface area (Å²) >= 11 is -2.88. The molecule has 0 aliphatic heterocycles. The van der Waals surface area contributed by atoms with Gasteiger partial charge in [-0.1, -0.05) is 0 Å². The van der Waals surface area contributed by atoms with Gasteiger partial charge in [0.15, 0.2) is 0 Å². The molecule has 0 aromatic carbocycles. The first-order chi connectivity index (χ1) is 1.41. The van der Waals surface area contributed by atoms with Crippen molar-refractivity contribution in [3.05, 3.63) is 0 Å². The number of rotatable bonds is 0. The van der Waals surface area contributed by atoms with E-state index < -0.39 is 18.1 Å². The van der Waals surface area contributed by atoms with E-state index in [1.54, 1.807) is 0 Å². The summed E-state index contributed by atoms with van der Waals surface area (Å²) in [5, 5.41) is 0. The van der Waals surface area contributed by atoms with Crippen LogP contribution in [0.5, 0.6) is 0 Å². The van der Waals surface area contributed by atoms with E-state index >= 15 is 0 Å². The van der Waals surface area contributed by atoms with Gasteiger partial charge in [-0.15, -0.1) is 0 Å². The molecule has 0 saturated carbocycles. The average molecular weight is 140 g/mol. The summed E-state index contributed by atoms with van der Waals surface area (Å²) in [5.41, 5.74) is 0. The van der Waals surface area contributed by atoms with Crippen molar-refractivity contribution in [2.75, 3.05) is 0 Å². The first-order valence-electron chi connectivity index (χ1n) is 0.535. The molecule has 4 N–H and O–H groups in total. The molecule has 0 aliphatic rings. The van der Waals surface area contributed by atoms with E-state index in [-0.39, 0.29) is 10.9 Å². The summed E-state index contributed by atoms with van der Waals surface area (Å²) in [6.07, 6.45) is 0. The maximum Gasteiger partial charge on any atom is -0.369 e. The Hall–Kier alpha value is 0.373.